The third-order valence-electron chi connectivity index (χ3n) is 6.32. The molecular weight excluding hydrogens is 491 g/mol. The lowest BCUT2D eigenvalue weighted by Gasteiger charge is -2.55. The van der Waals surface area contributed by atoms with Gasteiger partial charge in [-0.15, -0.1) is 0 Å². The Morgan fingerprint density at radius 1 is 1.11 bits per heavy atom. The van der Waals surface area contributed by atoms with E-state index in [1.807, 2.05) is 44.0 Å². The van der Waals surface area contributed by atoms with Crippen molar-refractivity contribution < 1.29 is 19.1 Å². The molecule has 0 radical (unpaired) electrons. The molecule has 2 aromatic heterocycles. The topological polar surface area (TPSA) is 76.4 Å². The maximum atomic E-state index is 13.3. The number of piperidine rings is 1. The number of benzene rings is 1. The van der Waals surface area contributed by atoms with Gasteiger partial charge in [0.25, 0.3) is 5.91 Å². The highest BCUT2D eigenvalue weighted by molar-refractivity contribution is 6.44. The number of amides is 2. The van der Waals surface area contributed by atoms with Crippen molar-refractivity contribution in [3.8, 4) is 16.9 Å². The molecule has 5 rings (SSSR count). The van der Waals surface area contributed by atoms with Gasteiger partial charge in [0, 0.05) is 31.0 Å². The summed E-state index contributed by atoms with van der Waals surface area (Å²) in [6.07, 6.45) is 4.08. The molecule has 8 nitrogen and oxygen atoms in total. The standard InChI is InChI=1S/C25H26Cl2N4O4/c1-25(2,3)35-24(33)30-11-15-10-16(12-30)31(15)23(32)18-13-29-8-7-14(9-20(29)28-18)21-19(34-4)6-5-17(26)22(21)27/h5-9,13,15-16H,10-12H2,1-4H3. The van der Waals surface area contributed by atoms with Gasteiger partial charge < -0.3 is 23.7 Å². The molecule has 1 aromatic carbocycles. The van der Waals surface area contributed by atoms with E-state index >= 15 is 0 Å². The number of rotatable bonds is 3. The minimum Gasteiger partial charge on any atom is -0.496 e. The van der Waals surface area contributed by atoms with Gasteiger partial charge in [0.2, 0.25) is 0 Å². The summed E-state index contributed by atoms with van der Waals surface area (Å²) in [6.45, 7) is 6.45. The van der Waals surface area contributed by atoms with Crippen molar-refractivity contribution in [2.75, 3.05) is 20.2 Å². The molecule has 184 valence electrons. The smallest absolute Gasteiger partial charge is 0.410 e. The summed E-state index contributed by atoms with van der Waals surface area (Å²) < 4.78 is 12.8. The zero-order valence-corrected chi connectivity index (χ0v) is 21.4. The maximum Gasteiger partial charge on any atom is 0.410 e. The van der Waals surface area contributed by atoms with E-state index in [9.17, 15) is 9.59 Å². The number of imidazole rings is 1. The van der Waals surface area contributed by atoms with Crippen molar-refractivity contribution in [2.45, 2.75) is 44.9 Å². The number of carbonyl (C=O) groups is 2. The second kappa shape index (κ2) is 8.60. The van der Waals surface area contributed by atoms with E-state index in [1.165, 1.54) is 0 Å². The molecule has 35 heavy (non-hydrogen) atoms. The van der Waals surface area contributed by atoms with Gasteiger partial charge >= 0.3 is 6.09 Å². The number of likely N-dealkylation sites (tertiary alicyclic amines) is 2. The summed E-state index contributed by atoms with van der Waals surface area (Å²) in [4.78, 5) is 33.9. The molecule has 2 aliphatic heterocycles. The molecule has 2 fully saturated rings. The van der Waals surface area contributed by atoms with Gasteiger partial charge in [-0.3, -0.25) is 4.79 Å². The summed E-state index contributed by atoms with van der Waals surface area (Å²) >= 11 is 12.7. The Labute approximate surface area is 213 Å². The fourth-order valence-electron chi connectivity index (χ4n) is 4.76. The van der Waals surface area contributed by atoms with Gasteiger partial charge in [-0.1, -0.05) is 23.2 Å². The van der Waals surface area contributed by atoms with Gasteiger partial charge in [-0.25, -0.2) is 9.78 Å². The zero-order chi connectivity index (χ0) is 25.1. The highest BCUT2D eigenvalue weighted by Crippen LogP contribution is 2.41. The van der Waals surface area contributed by atoms with Crippen LogP contribution in [-0.2, 0) is 4.74 Å². The van der Waals surface area contributed by atoms with Crippen LogP contribution in [0.5, 0.6) is 5.75 Å². The third kappa shape index (κ3) is 4.29. The van der Waals surface area contributed by atoms with E-state index in [0.717, 1.165) is 12.0 Å². The van der Waals surface area contributed by atoms with E-state index in [4.69, 9.17) is 32.7 Å². The summed E-state index contributed by atoms with van der Waals surface area (Å²) in [5.74, 6) is 0.452. The summed E-state index contributed by atoms with van der Waals surface area (Å²) in [5.41, 5.74) is 1.85. The molecule has 4 heterocycles. The maximum absolute atomic E-state index is 13.3. The zero-order valence-electron chi connectivity index (χ0n) is 19.9. The van der Waals surface area contributed by atoms with Crippen LogP contribution in [0.2, 0.25) is 10.0 Å². The normalized spacial score (nSPS) is 19.5. The van der Waals surface area contributed by atoms with E-state index in [0.29, 0.717) is 45.8 Å². The summed E-state index contributed by atoms with van der Waals surface area (Å²) in [6, 6.07) is 7.09. The summed E-state index contributed by atoms with van der Waals surface area (Å²) in [5, 5.41) is 0.812. The molecule has 2 atom stereocenters. The molecule has 10 heteroatoms. The number of hydrogen-bond acceptors (Lipinski definition) is 5. The number of ether oxygens (including phenoxy) is 2. The quantitative estimate of drug-likeness (QED) is 0.481. The minimum absolute atomic E-state index is 0.0383. The lowest BCUT2D eigenvalue weighted by molar-refractivity contribution is -0.0560. The number of piperazine rings is 1. The highest BCUT2D eigenvalue weighted by atomic mass is 35.5. The van der Waals surface area contributed by atoms with Gasteiger partial charge in [0.15, 0.2) is 0 Å². The molecule has 2 aliphatic rings. The van der Waals surface area contributed by atoms with Gasteiger partial charge in [0.1, 0.15) is 22.7 Å². The Hall–Kier alpha value is -2.97. The van der Waals surface area contributed by atoms with Crippen molar-refractivity contribution in [1.29, 1.82) is 0 Å². The molecule has 2 saturated heterocycles. The lowest BCUT2D eigenvalue weighted by Crippen LogP contribution is -2.71. The van der Waals surface area contributed by atoms with Crippen LogP contribution in [0.3, 0.4) is 0 Å². The number of halogens is 2. The number of hydrogen-bond donors (Lipinski definition) is 0. The van der Waals surface area contributed by atoms with E-state index in [-0.39, 0.29) is 24.1 Å². The van der Waals surface area contributed by atoms with E-state index < -0.39 is 5.60 Å². The first-order valence-corrected chi connectivity index (χ1v) is 12.1. The van der Waals surface area contributed by atoms with E-state index in [2.05, 4.69) is 4.98 Å². The van der Waals surface area contributed by atoms with Gasteiger partial charge in [-0.2, -0.15) is 0 Å². The monoisotopic (exact) mass is 516 g/mol. The molecule has 0 saturated carbocycles. The van der Waals surface area contributed by atoms with Crippen LogP contribution in [-0.4, -0.2) is 69.1 Å². The Balaban J connectivity index is 1.37. The first-order chi connectivity index (χ1) is 16.6. The minimum atomic E-state index is -0.553. The first kappa shape index (κ1) is 23.8. The number of aromatic nitrogens is 2. The van der Waals surface area contributed by atoms with Crippen LogP contribution in [0, 0.1) is 0 Å². The fraction of sp³-hybridized carbons (Fsp3) is 0.400. The number of methoxy groups -OCH3 is 1. The molecular formula is C25H26Cl2N4O4. The van der Waals surface area contributed by atoms with E-state index in [1.54, 1.807) is 34.7 Å². The number of nitrogens with zero attached hydrogens (tertiary/aromatic N) is 4. The van der Waals surface area contributed by atoms with Crippen molar-refractivity contribution >= 4 is 40.8 Å². The average Bonchev–Trinajstić information content (AvgIpc) is 3.23. The molecule has 3 aromatic rings. The predicted molar refractivity (Wildman–Crippen MR) is 133 cm³/mol. The van der Waals surface area contributed by atoms with Gasteiger partial charge in [0.05, 0.1) is 29.2 Å². The number of pyridine rings is 1. The SMILES string of the molecule is COc1ccc(Cl)c(Cl)c1-c1ccn2cc(C(=O)N3C4CC3CN(C(=O)OC(C)(C)C)C4)nc2c1. The first-order valence-electron chi connectivity index (χ1n) is 11.4. The Kier molecular flexibility index (Phi) is 5.84. The highest BCUT2D eigenvalue weighted by Gasteiger charge is 2.49. The van der Waals surface area contributed by atoms with Crippen LogP contribution in [0.1, 0.15) is 37.7 Å². The summed E-state index contributed by atoms with van der Waals surface area (Å²) in [7, 11) is 1.57. The van der Waals surface area contributed by atoms with Crippen molar-refractivity contribution in [2.24, 2.45) is 0 Å². The predicted octanol–water partition coefficient (Wildman–Crippen LogP) is 5.15. The second-order valence-corrected chi connectivity index (χ2v) is 10.7. The van der Waals surface area contributed by atoms with Crippen LogP contribution in [0.25, 0.3) is 16.8 Å². The number of carbonyl (C=O) groups excluding carboxylic acids is 2. The fourth-order valence-corrected chi connectivity index (χ4v) is 5.18. The molecule has 0 spiro atoms. The average molecular weight is 517 g/mol. The Bertz CT molecular complexity index is 1320. The molecule has 0 aliphatic carbocycles. The van der Waals surface area contributed by atoms with Crippen molar-refractivity contribution in [3.05, 3.63) is 52.4 Å². The molecule has 2 bridgehead atoms. The van der Waals surface area contributed by atoms with Gasteiger partial charge in [-0.05, 0) is 57.0 Å². The third-order valence-corrected chi connectivity index (χ3v) is 7.13. The van der Waals surface area contributed by atoms with Crippen LogP contribution in [0.4, 0.5) is 4.79 Å². The van der Waals surface area contributed by atoms with Crippen molar-refractivity contribution in [1.82, 2.24) is 19.2 Å². The van der Waals surface area contributed by atoms with Crippen LogP contribution < -0.4 is 4.74 Å². The van der Waals surface area contributed by atoms with Crippen LogP contribution in [0.15, 0.2) is 36.7 Å². The second-order valence-electron chi connectivity index (χ2n) is 9.89. The Morgan fingerprint density at radius 2 is 1.83 bits per heavy atom. The Morgan fingerprint density at radius 3 is 2.49 bits per heavy atom. The lowest BCUT2D eigenvalue weighted by atomic mass is 9.87. The molecule has 2 unspecified atom stereocenters. The molecule has 0 N–H and O–H groups in total. The van der Waals surface area contributed by atoms with Crippen LogP contribution >= 0.6 is 23.2 Å². The van der Waals surface area contributed by atoms with Crippen molar-refractivity contribution in [3.63, 3.8) is 0 Å². The largest absolute Gasteiger partial charge is 0.496 e. The number of fused-ring (bicyclic) bond motifs is 3. The molecule has 2 amide bonds.